The van der Waals surface area contributed by atoms with Gasteiger partial charge in [0.05, 0.1) is 19.3 Å². The highest BCUT2D eigenvalue weighted by atomic mass is 16.6. The van der Waals surface area contributed by atoms with Gasteiger partial charge < -0.3 is 19.5 Å². The molecule has 0 aromatic heterocycles. The number of fused-ring (bicyclic) bond motifs is 1. The minimum atomic E-state index is -0.559. The molecule has 7 nitrogen and oxygen atoms in total. The fourth-order valence-corrected chi connectivity index (χ4v) is 3.34. The van der Waals surface area contributed by atoms with Crippen molar-refractivity contribution in [3.05, 3.63) is 66.2 Å². The molecule has 2 aliphatic rings. The van der Waals surface area contributed by atoms with Crippen molar-refractivity contribution in [3.8, 4) is 0 Å². The molecule has 0 radical (unpaired) electrons. The number of para-hydroxylation sites is 1. The molecule has 140 valence electrons. The Morgan fingerprint density at radius 1 is 0.889 bits per heavy atom. The molecule has 0 bridgehead atoms. The van der Waals surface area contributed by atoms with E-state index >= 15 is 0 Å². The summed E-state index contributed by atoms with van der Waals surface area (Å²) in [5.74, 6) is -0.181. The molecule has 0 unspecified atom stereocenters. The largest absolute Gasteiger partial charge is 0.441 e. The van der Waals surface area contributed by atoms with Gasteiger partial charge in [-0.05, 0) is 24.3 Å². The number of rotatable bonds is 4. The number of hydrogen-bond acceptors (Lipinski definition) is 5. The third-order valence-electron chi connectivity index (χ3n) is 4.64. The average Bonchev–Trinajstić information content (AvgIpc) is 3.27. The maximum atomic E-state index is 12.3. The first kappa shape index (κ1) is 17.5. The summed E-state index contributed by atoms with van der Waals surface area (Å²) in [6, 6.07) is 17.7. The second-order valence-electron chi connectivity index (χ2n) is 6.48. The van der Waals surface area contributed by atoms with E-state index in [1.165, 1.54) is 0 Å². The van der Waals surface area contributed by atoms with Crippen LogP contribution in [0.2, 0.25) is 0 Å². The molecule has 2 aliphatic heterocycles. The Labute approximate surface area is 156 Å². The zero-order chi connectivity index (χ0) is 18.6. The number of nitrogens with one attached hydrogen (secondary N) is 2. The smallest absolute Gasteiger partial charge is 0.412 e. The van der Waals surface area contributed by atoms with Crippen molar-refractivity contribution < 1.29 is 23.8 Å². The Morgan fingerprint density at radius 2 is 1.56 bits per heavy atom. The Morgan fingerprint density at radius 3 is 2.30 bits per heavy atom. The van der Waals surface area contributed by atoms with E-state index in [4.69, 9.17) is 14.2 Å². The van der Waals surface area contributed by atoms with Crippen LogP contribution >= 0.6 is 0 Å². The third-order valence-corrected chi connectivity index (χ3v) is 4.64. The monoisotopic (exact) mass is 368 g/mol. The highest BCUT2D eigenvalue weighted by Gasteiger charge is 2.50. The Balaban J connectivity index is 1.32. The van der Waals surface area contributed by atoms with E-state index in [0.29, 0.717) is 17.9 Å². The van der Waals surface area contributed by atoms with Crippen molar-refractivity contribution in [1.29, 1.82) is 0 Å². The lowest BCUT2D eigenvalue weighted by Gasteiger charge is -2.18. The zero-order valence-corrected chi connectivity index (χ0v) is 14.5. The summed E-state index contributed by atoms with van der Waals surface area (Å²) in [7, 11) is 0. The number of anilines is 1. The summed E-state index contributed by atoms with van der Waals surface area (Å²) in [5.41, 5.74) is 1.23. The first-order valence-corrected chi connectivity index (χ1v) is 8.82. The third kappa shape index (κ3) is 3.94. The summed E-state index contributed by atoms with van der Waals surface area (Å²) < 4.78 is 16.9. The molecule has 4 atom stereocenters. The lowest BCUT2D eigenvalue weighted by atomic mass is 10.1. The van der Waals surface area contributed by atoms with Gasteiger partial charge in [0.25, 0.3) is 5.91 Å². The molecule has 27 heavy (non-hydrogen) atoms. The summed E-state index contributed by atoms with van der Waals surface area (Å²) in [4.78, 5) is 24.4. The molecule has 0 spiro atoms. The summed E-state index contributed by atoms with van der Waals surface area (Å²) in [6.45, 7) is 0.545. The Kier molecular flexibility index (Phi) is 5.04. The van der Waals surface area contributed by atoms with Gasteiger partial charge in [0.15, 0.2) is 6.10 Å². The quantitative estimate of drug-likeness (QED) is 0.864. The van der Waals surface area contributed by atoms with Crippen LogP contribution in [0.3, 0.4) is 0 Å². The maximum Gasteiger partial charge on any atom is 0.412 e. The Hall–Kier alpha value is -2.90. The van der Waals surface area contributed by atoms with Crippen molar-refractivity contribution >= 4 is 17.7 Å². The maximum absolute atomic E-state index is 12.3. The van der Waals surface area contributed by atoms with Gasteiger partial charge in [-0.3, -0.25) is 10.1 Å². The molecular weight excluding hydrogens is 348 g/mol. The Bertz CT molecular complexity index is 799. The van der Waals surface area contributed by atoms with E-state index < -0.39 is 18.3 Å². The van der Waals surface area contributed by atoms with Crippen LogP contribution in [0.4, 0.5) is 10.5 Å². The fraction of sp³-hybridized carbons (Fsp3) is 0.300. The van der Waals surface area contributed by atoms with Gasteiger partial charge in [0.2, 0.25) is 0 Å². The van der Waals surface area contributed by atoms with Crippen LogP contribution in [0.5, 0.6) is 0 Å². The number of benzene rings is 2. The molecule has 2 amide bonds. The van der Waals surface area contributed by atoms with Crippen LogP contribution < -0.4 is 10.6 Å². The van der Waals surface area contributed by atoms with Crippen molar-refractivity contribution in [2.75, 3.05) is 18.5 Å². The zero-order valence-electron chi connectivity index (χ0n) is 14.5. The normalized spacial score (nSPS) is 26.2. The first-order chi connectivity index (χ1) is 13.2. The molecular formula is C20H20N2O5. The highest BCUT2D eigenvalue weighted by Crippen LogP contribution is 2.29. The number of carbonyl (C=O) groups is 2. The van der Waals surface area contributed by atoms with E-state index in [1.54, 1.807) is 24.3 Å². The van der Waals surface area contributed by atoms with Crippen LogP contribution in [0.15, 0.2) is 60.7 Å². The van der Waals surface area contributed by atoms with E-state index in [1.807, 2.05) is 36.4 Å². The fourth-order valence-electron chi connectivity index (χ4n) is 3.34. The molecule has 0 aliphatic carbocycles. The number of hydrogen-bond donors (Lipinski definition) is 2. The minimum Gasteiger partial charge on any atom is -0.441 e. The summed E-state index contributed by atoms with van der Waals surface area (Å²) in [6.07, 6.45) is -1.81. The minimum absolute atomic E-state index is 0.181. The van der Waals surface area contributed by atoms with Gasteiger partial charge in [-0.2, -0.15) is 0 Å². The lowest BCUT2D eigenvalue weighted by molar-refractivity contribution is 0.00862. The number of ether oxygens (including phenoxy) is 3. The SMILES string of the molecule is O=C(Nc1ccccc1)O[C@@H]1CO[C@H]2[C@H]1OC[C@H]2NC(=O)c1ccccc1. The van der Waals surface area contributed by atoms with Crippen LogP contribution in [0.25, 0.3) is 0 Å². The summed E-state index contributed by atoms with van der Waals surface area (Å²) >= 11 is 0. The van der Waals surface area contributed by atoms with Crippen LogP contribution in [-0.4, -0.2) is 49.6 Å². The number of amides is 2. The molecule has 2 aromatic carbocycles. The molecule has 2 saturated heterocycles. The standard InChI is InChI=1S/C20H20N2O5/c23-19(13-7-3-1-4-8-13)22-15-11-25-18-16(12-26-17(15)18)27-20(24)21-14-9-5-2-6-10-14/h1-10,15-18H,11-12H2,(H,21,24)(H,22,23)/t15-,16-,17-,18+/m1/s1. The van der Waals surface area contributed by atoms with Crippen molar-refractivity contribution in [3.63, 3.8) is 0 Å². The lowest BCUT2D eigenvalue weighted by Crippen LogP contribution is -2.44. The topological polar surface area (TPSA) is 85.9 Å². The van der Waals surface area contributed by atoms with E-state index in [-0.39, 0.29) is 24.7 Å². The molecule has 4 rings (SSSR count). The van der Waals surface area contributed by atoms with Gasteiger partial charge in [-0.1, -0.05) is 36.4 Å². The molecule has 2 fully saturated rings. The van der Waals surface area contributed by atoms with Gasteiger partial charge in [-0.25, -0.2) is 4.79 Å². The highest BCUT2D eigenvalue weighted by molar-refractivity contribution is 5.94. The van der Waals surface area contributed by atoms with E-state index in [0.717, 1.165) is 0 Å². The van der Waals surface area contributed by atoms with Crippen molar-refractivity contribution in [2.45, 2.75) is 24.4 Å². The predicted octanol–water partition coefficient (Wildman–Crippen LogP) is 2.20. The molecule has 2 N–H and O–H groups in total. The molecule has 2 heterocycles. The van der Waals surface area contributed by atoms with Crippen LogP contribution in [0, 0.1) is 0 Å². The molecule has 7 heteroatoms. The first-order valence-electron chi connectivity index (χ1n) is 8.82. The molecule has 0 saturated carbocycles. The van der Waals surface area contributed by atoms with Gasteiger partial charge in [-0.15, -0.1) is 0 Å². The van der Waals surface area contributed by atoms with Gasteiger partial charge in [0, 0.05) is 11.3 Å². The predicted molar refractivity (Wildman–Crippen MR) is 97.5 cm³/mol. The second-order valence-corrected chi connectivity index (χ2v) is 6.48. The average molecular weight is 368 g/mol. The van der Waals surface area contributed by atoms with Gasteiger partial charge in [0.1, 0.15) is 12.2 Å². The van der Waals surface area contributed by atoms with E-state index in [2.05, 4.69) is 10.6 Å². The summed E-state index contributed by atoms with van der Waals surface area (Å²) in [5, 5.41) is 5.61. The van der Waals surface area contributed by atoms with Crippen LogP contribution in [0.1, 0.15) is 10.4 Å². The van der Waals surface area contributed by atoms with E-state index in [9.17, 15) is 9.59 Å². The number of carbonyl (C=O) groups excluding carboxylic acids is 2. The van der Waals surface area contributed by atoms with Crippen molar-refractivity contribution in [2.24, 2.45) is 0 Å². The van der Waals surface area contributed by atoms with Gasteiger partial charge >= 0.3 is 6.09 Å². The molecule has 2 aromatic rings. The van der Waals surface area contributed by atoms with Crippen molar-refractivity contribution in [1.82, 2.24) is 5.32 Å². The second kappa shape index (κ2) is 7.77. The van der Waals surface area contributed by atoms with Crippen LogP contribution in [-0.2, 0) is 14.2 Å².